The van der Waals surface area contributed by atoms with Crippen LogP contribution in [-0.2, 0) is 4.79 Å². The summed E-state index contributed by atoms with van der Waals surface area (Å²) in [4.78, 5) is 11.6. The van der Waals surface area contributed by atoms with Crippen molar-refractivity contribution in [3.63, 3.8) is 0 Å². The Labute approximate surface area is 128 Å². The maximum absolute atomic E-state index is 11.6. The number of rotatable bonds is 5. The van der Waals surface area contributed by atoms with Crippen LogP contribution in [0.15, 0.2) is 46.9 Å². The SMILES string of the molecule is Cc1ccc(C=CC(=O)NCC(O)c2ccc(Cl)cc2)o1. The summed E-state index contributed by atoms with van der Waals surface area (Å²) in [5.74, 6) is 1.10. The van der Waals surface area contributed by atoms with Crippen LogP contribution in [0.5, 0.6) is 0 Å². The Morgan fingerprint density at radius 2 is 2.05 bits per heavy atom. The molecule has 1 amide bonds. The number of nitrogens with one attached hydrogen (secondary N) is 1. The van der Waals surface area contributed by atoms with Crippen LogP contribution in [0.1, 0.15) is 23.2 Å². The molecule has 0 bridgehead atoms. The van der Waals surface area contributed by atoms with Crippen molar-refractivity contribution in [2.45, 2.75) is 13.0 Å². The lowest BCUT2D eigenvalue weighted by molar-refractivity contribution is -0.116. The van der Waals surface area contributed by atoms with E-state index in [1.165, 1.54) is 6.08 Å². The fourth-order valence-corrected chi connectivity index (χ4v) is 1.89. The van der Waals surface area contributed by atoms with Crippen molar-refractivity contribution < 1.29 is 14.3 Å². The number of aryl methyl sites for hydroxylation is 1. The molecule has 4 nitrogen and oxygen atoms in total. The Balaban J connectivity index is 1.83. The Kier molecular flexibility index (Phi) is 5.20. The van der Waals surface area contributed by atoms with Crippen LogP contribution < -0.4 is 5.32 Å². The molecule has 1 heterocycles. The molecule has 1 aromatic heterocycles. The summed E-state index contributed by atoms with van der Waals surface area (Å²) in [6.07, 6.45) is 2.18. The van der Waals surface area contributed by atoms with E-state index in [-0.39, 0.29) is 12.5 Å². The second-order valence-electron chi connectivity index (χ2n) is 4.59. The molecule has 2 N–H and O–H groups in total. The first-order valence-electron chi connectivity index (χ1n) is 6.50. The van der Waals surface area contributed by atoms with Crippen molar-refractivity contribution in [3.05, 3.63) is 64.6 Å². The fourth-order valence-electron chi connectivity index (χ4n) is 1.76. The first-order chi connectivity index (χ1) is 10.0. The minimum absolute atomic E-state index is 0.127. The van der Waals surface area contributed by atoms with Gasteiger partial charge in [-0.25, -0.2) is 0 Å². The van der Waals surface area contributed by atoms with Gasteiger partial charge in [-0.2, -0.15) is 0 Å². The molecule has 0 aliphatic heterocycles. The number of hydrogen-bond acceptors (Lipinski definition) is 3. The summed E-state index contributed by atoms with van der Waals surface area (Å²) in [7, 11) is 0. The molecule has 0 aliphatic rings. The van der Waals surface area contributed by atoms with Gasteiger partial charge >= 0.3 is 0 Å². The van der Waals surface area contributed by atoms with Gasteiger partial charge < -0.3 is 14.8 Å². The standard InChI is InChI=1S/C16H16ClNO3/c1-11-2-7-14(21-11)8-9-16(20)18-10-15(19)12-3-5-13(17)6-4-12/h2-9,15,19H,10H2,1H3,(H,18,20). The Morgan fingerprint density at radius 1 is 1.33 bits per heavy atom. The molecule has 0 aliphatic carbocycles. The number of benzene rings is 1. The predicted octanol–water partition coefficient (Wildman–Crippen LogP) is 3.10. The van der Waals surface area contributed by atoms with E-state index in [4.69, 9.17) is 16.0 Å². The van der Waals surface area contributed by atoms with Crippen molar-refractivity contribution in [1.29, 1.82) is 0 Å². The minimum Gasteiger partial charge on any atom is -0.462 e. The Hall–Kier alpha value is -2.04. The first kappa shape index (κ1) is 15.4. The van der Waals surface area contributed by atoms with Gasteiger partial charge in [-0.15, -0.1) is 0 Å². The zero-order valence-corrected chi connectivity index (χ0v) is 12.3. The quantitative estimate of drug-likeness (QED) is 0.834. The number of carbonyl (C=O) groups excluding carboxylic acids is 1. The average Bonchev–Trinajstić information content (AvgIpc) is 2.89. The van der Waals surface area contributed by atoms with Gasteiger partial charge in [0, 0.05) is 17.6 Å². The van der Waals surface area contributed by atoms with Crippen molar-refractivity contribution >= 4 is 23.6 Å². The molecule has 21 heavy (non-hydrogen) atoms. The predicted molar refractivity (Wildman–Crippen MR) is 81.9 cm³/mol. The van der Waals surface area contributed by atoms with Crippen molar-refractivity contribution in [1.82, 2.24) is 5.32 Å². The maximum Gasteiger partial charge on any atom is 0.244 e. The lowest BCUT2D eigenvalue weighted by atomic mass is 10.1. The van der Waals surface area contributed by atoms with Gasteiger partial charge in [0.05, 0.1) is 6.10 Å². The van der Waals surface area contributed by atoms with E-state index in [1.54, 1.807) is 36.4 Å². The topological polar surface area (TPSA) is 62.5 Å². The summed E-state index contributed by atoms with van der Waals surface area (Å²) in [5.41, 5.74) is 0.699. The number of halogens is 1. The van der Waals surface area contributed by atoms with E-state index in [9.17, 15) is 9.90 Å². The molecule has 0 spiro atoms. The zero-order chi connectivity index (χ0) is 15.2. The lowest BCUT2D eigenvalue weighted by Gasteiger charge is -2.11. The van der Waals surface area contributed by atoms with E-state index in [0.717, 1.165) is 5.76 Å². The third-order valence-corrected chi connectivity index (χ3v) is 3.14. The molecule has 2 rings (SSSR count). The smallest absolute Gasteiger partial charge is 0.244 e. The summed E-state index contributed by atoms with van der Waals surface area (Å²) >= 11 is 5.78. The highest BCUT2D eigenvalue weighted by atomic mass is 35.5. The number of aliphatic hydroxyl groups excluding tert-OH is 1. The summed E-state index contributed by atoms with van der Waals surface area (Å²) < 4.78 is 5.31. The van der Waals surface area contributed by atoms with Crippen LogP contribution >= 0.6 is 11.6 Å². The molecule has 2 aromatic rings. The molecule has 1 atom stereocenters. The van der Waals surface area contributed by atoms with Gasteiger partial charge in [0.15, 0.2) is 0 Å². The highest BCUT2D eigenvalue weighted by Crippen LogP contribution is 2.15. The Morgan fingerprint density at radius 3 is 2.67 bits per heavy atom. The Bertz CT molecular complexity index is 631. The van der Waals surface area contributed by atoms with Crippen LogP contribution in [0.2, 0.25) is 5.02 Å². The molecular weight excluding hydrogens is 290 g/mol. The zero-order valence-electron chi connectivity index (χ0n) is 11.5. The molecule has 0 radical (unpaired) electrons. The highest BCUT2D eigenvalue weighted by Gasteiger charge is 2.08. The maximum atomic E-state index is 11.6. The average molecular weight is 306 g/mol. The molecule has 5 heteroatoms. The molecule has 0 fully saturated rings. The van der Waals surface area contributed by atoms with Gasteiger partial charge in [-0.05, 0) is 42.8 Å². The molecule has 110 valence electrons. The van der Waals surface area contributed by atoms with Gasteiger partial charge in [-0.3, -0.25) is 4.79 Å². The van der Waals surface area contributed by atoms with Crippen LogP contribution in [0, 0.1) is 6.92 Å². The summed E-state index contributed by atoms with van der Waals surface area (Å²) in [6, 6.07) is 10.4. The molecular formula is C16H16ClNO3. The number of carbonyl (C=O) groups is 1. The lowest BCUT2D eigenvalue weighted by Crippen LogP contribution is -2.26. The monoisotopic (exact) mass is 305 g/mol. The van der Waals surface area contributed by atoms with Crippen molar-refractivity contribution in [2.75, 3.05) is 6.54 Å². The van der Waals surface area contributed by atoms with E-state index in [1.807, 2.05) is 13.0 Å². The van der Waals surface area contributed by atoms with E-state index >= 15 is 0 Å². The summed E-state index contributed by atoms with van der Waals surface area (Å²) in [5, 5.41) is 13.2. The molecule has 0 saturated heterocycles. The second-order valence-corrected chi connectivity index (χ2v) is 5.03. The summed E-state index contributed by atoms with van der Waals surface area (Å²) in [6.45, 7) is 1.96. The fraction of sp³-hybridized carbons (Fsp3) is 0.188. The number of amides is 1. The largest absolute Gasteiger partial charge is 0.462 e. The van der Waals surface area contributed by atoms with Crippen LogP contribution in [0.4, 0.5) is 0 Å². The first-order valence-corrected chi connectivity index (χ1v) is 6.88. The van der Waals surface area contributed by atoms with Gasteiger partial charge in [-0.1, -0.05) is 23.7 Å². The van der Waals surface area contributed by atoms with Crippen LogP contribution in [0.25, 0.3) is 6.08 Å². The third-order valence-electron chi connectivity index (χ3n) is 2.88. The van der Waals surface area contributed by atoms with Crippen molar-refractivity contribution in [2.24, 2.45) is 0 Å². The minimum atomic E-state index is -0.773. The number of aliphatic hydroxyl groups is 1. The van der Waals surface area contributed by atoms with Gasteiger partial charge in [0.2, 0.25) is 5.91 Å². The third kappa shape index (κ3) is 4.77. The normalized spacial score (nSPS) is 12.5. The highest BCUT2D eigenvalue weighted by molar-refractivity contribution is 6.30. The number of furan rings is 1. The molecule has 0 saturated carbocycles. The van der Waals surface area contributed by atoms with E-state index in [2.05, 4.69) is 5.32 Å². The van der Waals surface area contributed by atoms with E-state index in [0.29, 0.717) is 16.3 Å². The number of hydrogen-bond donors (Lipinski definition) is 2. The van der Waals surface area contributed by atoms with Crippen molar-refractivity contribution in [3.8, 4) is 0 Å². The van der Waals surface area contributed by atoms with Gasteiger partial charge in [0.1, 0.15) is 11.5 Å². The van der Waals surface area contributed by atoms with Gasteiger partial charge in [0.25, 0.3) is 0 Å². The second kappa shape index (κ2) is 7.11. The van der Waals surface area contributed by atoms with Crippen LogP contribution in [0.3, 0.4) is 0 Å². The van der Waals surface area contributed by atoms with E-state index < -0.39 is 6.10 Å². The molecule has 1 aromatic carbocycles. The molecule has 1 unspecified atom stereocenters. The van der Waals surface area contributed by atoms with Crippen LogP contribution in [-0.4, -0.2) is 17.6 Å².